The Bertz CT molecular complexity index is 728. The highest BCUT2D eigenvalue weighted by Gasteiger charge is 2.20. The summed E-state index contributed by atoms with van der Waals surface area (Å²) in [5.41, 5.74) is 0.535. The molecule has 0 unspecified atom stereocenters. The quantitative estimate of drug-likeness (QED) is 0.887. The van der Waals surface area contributed by atoms with E-state index in [0.29, 0.717) is 23.1 Å². The summed E-state index contributed by atoms with van der Waals surface area (Å²) >= 11 is 0. The molecular formula is C16H19ClN4O3. The lowest BCUT2D eigenvalue weighted by atomic mass is 10.1. The van der Waals surface area contributed by atoms with Crippen molar-refractivity contribution in [2.75, 3.05) is 25.2 Å². The number of rotatable bonds is 3. The van der Waals surface area contributed by atoms with Crippen molar-refractivity contribution in [1.82, 2.24) is 15.1 Å². The summed E-state index contributed by atoms with van der Waals surface area (Å²) in [7, 11) is 0. The van der Waals surface area contributed by atoms with E-state index >= 15 is 0 Å². The molecule has 1 aromatic heterocycles. The first-order valence-electron chi connectivity index (χ1n) is 7.76. The molecule has 0 bridgehead atoms. The lowest BCUT2D eigenvalue weighted by Gasteiger charge is -2.24. The van der Waals surface area contributed by atoms with E-state index in [0.717, 1.165) is 31.7 Å². The highest BCUT2D eigenvalue weighted by Crippen LogP contribution is 2.32. The van der Waals surface area contributed by atoms with Gasteiger partial charge in [0, 0.05) is 11.6 Å². The minimum absolute atomic E-state index is 0. The lowest BCUT2D eigenvalue weighted by molar-refractivity contribution is 0.102. The number of halogens is 1. The summed E-state index contributed by atoms with van der Waals surface area (Å²) in [6.07, 6.45) is 3.74. The maximum Gasteiger partial charge on any atom is 0.256 e. The van der Waals surface area contributed by atoms with Crippen molar-refractivity contribution in [3.05, 3.63) is 36.0 Å². The minimum atomic E-state index is -0.181. The number of hydrogen-bond acceptors (Lipinski definition) is 5. The van der Waals surface area contributed by atoms with Crippen molar-refractivity contribution in [1.29, 1.82) is 0 Å². The van der Waals surface area contributed by atoms with Crippen LogP contribution in [0.25, 0.3) is 0 Å². The van der Waals surface area contributed by atoms with Crippen molar-refractivity contribution in [2.24, 2.45) is 0 Å². The van der Waals surface area contributed by atoms with Crippen molar-refractivity contribution in [3.8, 4) is 11.5 Å². The van der Waals surface area contributed by atoms with Gasteiger partial charge in [-0.05, 0) is 44.1 Å². The molecule has 24 heavy (non-hydrogen) atoms. The van der Waals surface area contributed by atoms with Gasteiger partial charge in [-0.3, -0.25) is 4.79 Å². The molecule has 0 saturated carbocycles. The largest absolute Gasteiger partial charge is 0.454 e. The van der Waals surface area contributed by atoms with Gasteiger partial charge >= 0.3 is 0 Å². The minimum Gasteiger partial charge on any atom is -0.454 e. The van der Waals surface area contributed by atoms with Crippen LogP contribution in [-0.4, -0.2) is 35.6 Å². The molecule has 0 atom stereocenters. The van der Waals surface area contributed by atoms with Crippen LogP contribution in [0.1, 0.15) is 29.2 Å². The maximum atomic E-state index is 12.5. The van der Waals surface area contributed by atoms with Crippen LogP contribution in [0.2, 0.25) is 0 Å². The van der Waals surface area contributed by atoms with Crippen LogP contribution in [0.15, 0.2) is 30.5 Å². The molecule has 1 fully saturated rings. The standard InChI is InChI=1S/C16H18N4O3.ClH/c21-16(11-1-2-13-14(9-11)23-10-22-13)19-15-5-8-18-20(15)12-3-6-17-7-4-12;/h1-2,5,8-9,12,17H,3-4,6-7,10H2,(H,19,21);1H. The first kappa shape index (κ1) is 16.6. The predicted octanol–water partition coefficient (Wildman–Crippen LogP) is 2.21. The van der Waals surface area contributed by atoms with Crippen LogP contribution in [0.4, 0.5) is 5.82 Å². The Kier molecular flexibility index (Phi) is 4.92. The van der Waals surface area contributed by atoms with Gasteiger partial charge < -0.3 is 20.1 Å². The lowest BCUT2D eigenvalue weighted by Crippen LogP contribution is -2.30. The van der Waals surface area contributed by atoms with Crippen LogP contribution in [0.3, 0.4) is 0 Å². The van der Waals surface area contributed by atoms with Crippen LogP contribution >= 0.6 is 12.4 Å². The monoisotopic (exact) mass is 350 g/mol. The topological polar surface area (TPSA) is 77.4 Å². The number of ether oxygens (including phenoxy) is 2. The molecule has 7 nitrogen and oxygen atoms in total. The number of piperidine rings is 1. The number of carbonyl (C=O) groups excluding carboxylic acids is 1. The van der Waals surface area contributed by atoms with Crippen LogP contribution < -0.4 is 20.1 Å². The molecule has 2 aliphatic rings. The highest BCUT2D eigenvalue weighted by atomic mass is 35.5. The fourth-order valence-corrected chi connectivity index (χ4v) is 2.98. The zero-order valence-electron chi connectivity index (χ0n) is 13.0. The van der Waals surface area contributed by atoms with E-state index in [1.807, 2.05) is 10.7 Å². The molecule has 1 amide bonds. The Labute approximate surface area is 145 Å². The molecule has 2 aliphatic heterocycles. The van der Waals surface area contributed by atoms with E-state index in [-0.39, 0.29) is 25.1 Å². The molecule has 128 valence electrons. The Hall–Kier alpha value is -2.25. The van der Waals surface area contributed by atoms with Crippen LogP contribution in [-0.2, 0) is 0 Å². The summed E-state index contributed by atoms with van der Waals surface area (Å²) in [6, 6.07) is 7.32. The number of carbonyl (C=O) groups is 1. The van der Waals surface area contributed by atoms with E-state index in [1.165, 1.54) is 0 Å². The first-order chi connectivity index (χ1) is 11.3. The molecule has 1 aromatic carbocycles. The number of nitrogens with one attached hydrogen (secondary N) is 2. The van der Waals surface area contributed by atoms with Crippen molar-refractivity contribution in [2.45, 2.75) is 18.9 Å². The third-order valence-electron chi connectivity index (χ3n) is 4.20. The van der Waals surface area contributed by atoms with Gasteiger partial charge in [-0.25, -0.2) is 4.68 Å². The third-order valence-corrected chi connectivity index (χ3v) is 4.20. The van der Waals surface area contributed by atoms with Gasteiger partial charge in [0.15, 0.2) is 11.5 Å². The molecule has 0 aliphatic carbocycles. The number of amides is 1. The van der Waals surface area contributed by atoms with E-state index in [4.69, 9.17) is 9.47 Å². The van der Waals surface area contributed by atoms with Gasteiger partial charge in [0.1, 0.15) is 5.82 Å². The molecule has 8 heteroatoms. The third kappa shape index (κ3) is 3.18. The van der Waals surface area contributed by atoms with Crippen LogP contribution in [0, 0.1) is 0 Å². The zero-order chi connectivity index (χ0) is 15.6. The first-order valence-corrected chi connectivity index (χ1v) is 7.76. The molecule has 0 spiro atoms. The van der Waals surface area contributed by atoms with E-state index in [1.54, 1.807) is 24.4 Å². The summed E-state index contributed by atoms with van der Waals surface area (Å²) in [5.74, 6) is 1.81. The highest BCUT2D eigenvalue weighted by molar-refractivity contribution is 6.04. The van der Waals surface area contributed by atoms with Gasteiger partial charge in [0.25, 0.3) is 5.91 Å². The fourth-order valence-electron chi connectivity index (χ4n) is 2.98. The van der Waals surface area contributed by atoms with Crippen LogP contribution in [0.5, 0.6) is 11.5 Å². The zero-order valence-corrected chi connectivity index (χ0v) is 13.8. The van der Waals surface area contributed by atoms with E-state index in [9.17, 15) is 4.79 Å². The number of aromatic nitrogens is 2. The Morgan fingerprint density at radius 2 is 2.00 bits per heavy atom. The van der Waals surface area contributed by atoms with Gasteiger partial charge in [0.05, 0.1) is 12.2 Å². The second kappa shape index (κ2) is 7.11. The van der Waals surface area contributed by atoms with Gasteiger partial charge in [-0.2, -0.15) is 5.10 Å². The average Bonchev–Trinajstić information content (AvgIpc) is 3.23. The molecule has 4 rings (SSSR count). The SMILES string of the molecule is Cl.O=C(Nc1ccnn1C1CCNCC1)c1ccc2c(c1)OCO2. The van der Waals surface area contributed by atoms with Crippen molar-refractivity contribution >= 4 is 24.1 Å². The van der Waals surface area contributed by atoms with Gasteiger partial charge in [-0.15, -0.1) is 12.4 Å². The number of nitrogens with zero attached hydrogens (tertiary/aromatic N) is 2. The Balaban J connectivity index is 0.00000169. The summed E-state index contributed by atoms with van der Waals surface area (Å²) in [6.45, 7) is 2.14. The van der Waals surface area contributed by atoms with Crippen molar-refractivity contribution in [3.63, 3.8) is 0 Å². The smallest absolute Gasteiger partial charge is 0.256 e. The summed E-state index contributed by atoms with van der Waals surface area (Å²) in [4.78, 5) is 12.5. The predicted molar refractivity (Wildman–Crippen MR) is 91.1 cm³/mol. The number of benzene rings is 1. The maximum absolute atomic E-state index is 12.5. The van der Waals surface area contributed by atoms with Gasteiger partial charge in [0.2, 0.25) is 6.79 Å². The number of fused-ring (bicyclic) bond motifs is 1. The van der Waals surface area contributed by atoms with E-state index < -0.39 is 0 Å². The number of anilines is 1. The molecule has 0 radical (unpaired) electrons. The molecule has 3 heterocycles. The van der Waals surface area contributed by atoms with E-state index in [2.05, 4.69) is 15.7 Å². The second-order valence-corrected chi connectivity index (χ2v) is 5.66. The molecule has 1 saturated heterocycles. The Morgan fingerprint density at radius 3 is 2.83 bits per heavy atom. The molecular weight excluding hydrogens is 332 g/mol. The summed E-state index contributed by atoms with van der Waals surface area (Å²) < 4.78 is 12.5. The van der Waals surface area contributed by atoms with Crippen molar-refractivity contribution < 1.29 is 14.3 Å². The fraction of sp³-hybridized carbons (Fsp3) is 0.375. The normalized spacial score (nSPS) is 16.5. The summed E-state index contributed by atoms with van der Waals surface area (Å²) in [5, 5.41) is 10.6. The second-order valence-electron chi connectivity index (χ2n) is 5.66. The Morgan fingerprint density at radius 1 is 1.21 bits per heavy atom. The number of hydrogen-bond donors (Lipinski definition) is 2. The van der Waals surface area contributed by atoms with Gasteiger partial charge in [-0.1, -0.05) is 0 Å². The molecule has 2 aromatic rings. The molecule has 2 N–H and O–H groups in total. The average molecular weight is 351 g/mol.